The maximum Gasteiger partial charge on any atom is 0.140 e. The van der Waals surface area contributed by atoms with E-state index < -0.39 is 0 Å². The maximum atomic E-state index is 11.0. The zero-order valence-electron chi connectivity index (χ0n) is 16.5. The Morgan fingerprint density at radius 2 is 1.93 bits per heavy atom. The van der Waals surface area contributed by atoms with Crippen molar-refractivity contribution in [2.75, 3.05) is 0 Å². The smallest absolute Gasteiger partial charge is 0.140 e. The molecule has 3 aromatic rings. The Balaban J connectivity index is 1.17. The molecule has 150 valence electrons. The third kappa shape index (κ3) is 3.72. The Morgan fingerprint density at radius 1 is 1.07 bits per heavy atom. The average Bonchev–Trinajstić information content (AvgIpc) is 3.36. The van der Waals surface area contributed by atoms with Crippen molar-refractivity contribution in [1.82, 2.24) is 14.5 Å². The summed E-state index contributed by atoms with van der Waals surface area (Å²) in [6.45, 7) is 0.619. The summed E-state index contributed by atoms with van der Waals surface area (Å²) in [5.41, 5.74) is 3.59. The first-order valence-electron chi connectivity index (χ1n) is 10.6. The van der Waals surface area contributed by atoms with Crippen LogP contribution in [0, 0.1) is 5.92 Å². The molecule has 1 aliphatic heterocycles. The van der Waals surface area contributed by atoms with E-state index in [0.29, 0.717) is 12.5 Å². The Morgan fingerprint density at radius 3 is 2.76 bits per heavy atom. The van der Waals surface area contributed by atoms with E-state index in [1.54, 1.807) is 6.20 Å². The van der Waals surface area contributed by atoms with Crippen molar-refractivity contribution in [2.24, 2.45) is 5.92 Å². The number of ether oxygens (including phenoxy) is 1. The predicted molar refractivity (Wildman–Crippen MR) is 111 cm³/mol. The summed E-state index contributed by atoms with van der Waals surface area (Å²) < 4.78 is 8.30. The summed E-state index contributed by atoms with van der Waals surface area (Å²) in [4.78, 5) is 8.67. The quantitative estimate of drug-likeness (QED) is 0.680. The first-order chi connectivity index (χ1) is 14.3. The van der Waals surface area contributed by atoms with Gasteiger partial charge in [0.1, 0.15) is 5.82 Å². The van der Waals surface area contributed by atoms with Crippen molar-refractivity contribution in [3.63, 3.8) is 0 Å². The lowest BCUT2D eigenvalue weighted by atomic mass is 9.81. The van der Waals surface area contributed by atoms with E-state index in [4.69, 9.17) is 4.74 Å². The minimum Gasteiger partial charge on any atom is -0.393 e. The fourth-order valence-corrected chi connectivity index (χ4v) is 4.91. The van der Waals surface area contributed by atoms with Gasteiger partial charge in [-0.15, -0.1) is 0 Å². The zero-order chi connectivity index (χ0) is 19.6. The molecule has 2 aliphatic rings. The first-order valence-corrected chi connectivity index (χ1v) is 10.6. The second kappa shape index (κ2) is 8.09. The van der Waals surface area contributed by atoms with E-state index in [2.05, 4.69) is 38.8 Å². The van der Waals surface area contributed by atoms with E-state index in [1.807, 2.05) is 30.7 Å². The van der Waals surface area contributed by atoms with Gasteiger partial charge in [0.2, 0.25) is 0 Å². The number of imidazole rings is 1. The lowest BCUT2D eigenvalue weighted by Crippen LogP contribution is -2.30. The Bertz CT molecular complexity index is 948. The van der Waals surface area contributed by atoms with Crippen molar-refractivity contribution in [3.8, 4) is 11.4 Å². The molecule has 5 rings (SSSR count). The largest absolute Gasteiger partial charge is 0.393 e. The molecule has 2 unspecified atom stereocenters. The molecule has 1 aliphatic carbocycles. The maximum absolute atomic E-state index is 11.0. The van der Waals surface area contributed by atoms with Crippen LogP contribution in [0.3, 0.4) is 0 Å². The number of hydrogen-bond acceptors (Lipinski definition) is 4. The summed E-state index contributed by atoms with van der Waals surface area (Å²) >= 11 is 0. The second-order valence-electron chi connectivity index (χ2n) is 8.27. The lowest BCUT2D eigenvalue weighted by molar-refractivity contribution is -0.0160. The van der Waals surface area contributed by atoms with Crippen LogP contribution < -0.4 is 0 Å². The molecule has 0 spiro atoms. The summed E-state index contributed by atoms with van der Waals surface area (Å²) in [6, 6.07) is 12.6. The summed E-state index contributed by atoms with van der Waals surface area (Å²) in [5.74, 6) is 1.36. The topological polar surface area (TPSA) is 60.2 Å². The van der Waals surface area contributed by atoms with Gasteiger partial charge >= 0.3 is 0 Å². The fourth-order valence-electron chi connectivity index (χ4n) is 4.91. The number of aliphatic hydroxyl groups excluding tert-OH is 1. The van der Waals surface area contributed by atoms with Crippen LogP contribution in [0.4, 0.5) is 0 Å². The third-order valence-corrected chi connectivity index (χ3v) is 6.50. The molecule has 0 bridgehead atoms. The van der Waals surface area contributed by atoms with Crippen LogP contribution >= 0.6 is 0 Å². The van der Waals surface area contributed by atoms with Crippen molar-refractivity contribution >= 4 is 0 Å². The highest BCUT2D eigenvalue weighted by molar-refractivity contribution is 5.66. The molecule has 2 aromatic heterocycles. The number of rotatable bonds is 6. The second-order valence-corrected chi connectivity index (χ2v) is 8.27. The highest BCUT2D eigenvalue weighted by Crippen LogP contribution is 2.42. The van der Waals surface area contributed by atoms with E-state index >= 15 is 0 Å². The van der Waals surface area contributed by atoms with E-state index in [0.717, 1.165) is 43.5 Å². The van der Waals surface area contributed by atoms with Gasteiger partial charge < -0.3 is 14.4 Å². The van der Waals surface area contributed by atoms with Gasteiger partial charge in [-0.2, -0.15) is 0 Å². The molecule has 0 radical (unpaired) electrons. The monoisotopic (exact) mass is 389 g/mol. The molecule has 2 atom stereocenters. The average molecular weight is 389 g/mol. The predicted octanol–water partition coefficient (Wildman–Crippen LogP) is 4.37. The number of fused-ring (bicyclic) bond motifs is 3. The molecule has 1 N–H and O–H groups in total. The molecule has 5 nitrogen and oxygen atoms in total. The van der Waals surface area contributed by atoms with Gasteiger partial charge in [-0.1, -0.05) is 30.3 Å². The van der Waals surface area contributed by atoms with Crippen LogP contribution in [0.2, 0.25) is 0 Å². The number of pyridine rings is 1. The molecule has 29 heavy (non-hydrogen) atoms. The number of nitrogens with zero attached hydrogens (tertiary/aromatic N) is 3. The van der Waals surface area contributed by atoms with Gasteiger partial charge in [-0.25, -0.2) is 4.98 Å². The SMILES string of the molecule is OC(CC1c2ccccc2-c2nccn21)[C@H]1CC[C@H](OCc2cccnc2)CC1. The Hall–Kier alpha value is -2.50. The number of benzene rings is 1. The van der Waals surface area contributed by atoms with Gasteiger partial charge in [-0.3, -0.25) is 4.98 Å². The van der Waals surface area contributed by atoms with Crippen molar-refractivity contribution in [3.05, 3.63) is 72.3 Å². The van der Waals surface area contributed by atoms with Crippen LogP contribution in [0.5, 0.6) is 0 Å². The van der Waals surface area contributed by atoms with Crippen molar-refractivity contribution in [2.45, 2.75) is 57.0 Å². The lowest BCUT2D eigenvalue weighted by Gasteiger charge is -2.32. The van der Waals surface area contributed by atoms with Gasteiger partial charge in [-0.05, 0) is 55.2 Å². The van der Waals surface area contributed by atoms with Gasteiger partial charge in [0, 0.05) is 30.4 Å². The Labute approximate surface area is 171 Å². The summed E-state index contributed by atoms with van der Waals surface area (Å²) in [6.07, 6.45) is 12.3. The minimum atomic E-state index is -0.305. The van der Waals surface area contributed by atoms with Crippen LogP contribution in [0.1, 0.15) is 49.3 Å². The van der Waals surface area contributed by atoms with Crippen LogP contribution in [-0.2, 0) is 11.3 Å². The highest BCUT2D eigenvalue weighted by atomic mass is 16.5. The molecule has 1 fully saturated rings. The van der Waals surface area contributed by atoms with Gasteiger partial charge in [0.25, 0.3) is 0 Å². The van der Waals surface area contributed by atoms with Gasteiger partial charge in [0.05, 0.1) is 24.9 Å². The standard InChI is InChI=1S/C24H27N3O2/c28-23(14-22-20-5-1-2-6-21(20)24-26-12-13-27(22)24)18-7-9-19(10-8-18)29-16-17-4-3-11-25-15-17/h1-6,11-13,15,18-19,22-23,28H,7-10,14,16H2/t18-,19-,22?,23?. The third-order valence-electron chi connectivity index (χ3n) is 6.50. The van der Waals surface area contributed by atoms with E-state index in [-0.39, 0.29) is 18.2 Å². The Kier molecular flexibility index (Phi) is 5.17. The molecular weight excluding hydrogens is 362 g/mol. The fraction of sp³-hybridized carbons (Fsp3) is 0.417. The van der Waals surface area contributed by atoms with Crippen molar-refractivity contribution < 1.29 is 9.84 Å². The molecule has 1 saturated carbocycles. The molecule has 5 heteroatoms. The molecular formula is C24H27N3O2. The molecule has 1 aromatic carbocycles. The summed E-state index contributed by atoms with van der Waals surface area (Å²) in [5, 5.41) is 11.0. The molecule has 3 heterocycles. The van der Waals surface area contributed by atoms with Crippen LogP contribution in [0.15, 0.2) is 61.2 Å². The first kappa shape index (κ1) is 18.5. The minimum absolute atomic E-state index is 0.179. The zero-order valence-corrected chi connectivity index (χ0v) is 16.5. The van der Waals surface area contributed by atoms with E-state index in [1.165, 1.54) is 11.1 Å². The van der Waals surface area contributed by atoms with Gasteiger partial charge in [0.15, 0.2) is 0 Å². The normalized spacial score (nSPS) is 24.1. The summed E-state index contributed by atoms with van der Waals surface area (Å²) in [7, 11) is 0. The van der Waals surface area contributed by atoms with Crippen molar-refractivity contribution in [1.29, 1.82) is 0 Å². The molecule has 0 amide bonds. The number of hydrogen-bond donors (Lipinski definition) is 1. The highest BCUT2D eigenvalue weighted by Gasteiger charge is 2.34. The van der Waals surface area contributed by atoms with E-state index in [9.17, 15) is 5.11 Å². The van der Waals surface area contributed by atoms with Crippen LogP contribution in [0.25, 0.3) is 11.4 Å². The number of aliphatic hydroxyl groups is 1. The van der Waals surface area contributed by atoms with Crippen LogP contribution in [-0.4, -0.2) is 31.8 Å². The number of aromatic nitrogens is 3. The molecule has 0 saturated heterocycles.